The van der Waals surface area contributed by atoms with Crippen molar-refractivity contribution in [2.75, 3.05) is 13.2 Å². The molecular weight excluding hydrogens is 256 g/mol. The maximum atomic E-state index is 5.61. The van der Waals surface area contributed by atoms with E-state index in [1.165, 1.54) is 5.56 Å². The molecule has 3 heteroatoms. The molecule has 0 unspecified atom stereocenters. The van der Waals surface area contributed by atoms with E-state index in [1.54, 1.807) is 0 Å². The van der Waals surface area contributed by atoms with Crippen molar-refractivity contribution in [2.45, 2.75) is 24.0 Å². The van der Waals surface area contributed by atoms with E-state index in [-0.39, 0.29) is 6.10 Å². The van der Waals surface area contributed by atoms with Crippen molar-refractivity contribution >= 4 is 15.9 Å². The first-order valence-corrected chi connectivity index (χ1v) is 6.13. The first kappa shape index (κ1) is 11.1. The van der Waals surface area contributed by atoms with Crippen LogP contribution in [0.3, 0.4) is 0 Å². The van der Waals surface area contributed by atoms with E-state index in [1.807, 2.05) is 18.2 Å². The fraction of sp³-hybridized carbons (Fsp3) is 0.500. The second-order valence-electron chi connectivity index (χ2n) is 3.79. The molecule has 1 fully saturated rings. The Hall–Kier alpha value is -0.380. The number of benzene rings is 1. The second-order valence-corrected chi connectivity index (χ2v) is 5.08. The lowest BCUT2D eigenvalue weighted by atomic mass is 10.2. The standard InChI is InChI=1S/C12H15BrO2/c13-11-6-12(15-8-11)9-14-7-10-4-2-1-3-5-10/h1-5,11-12H,6-9H2/t11-,12-/m0/s1. The molecule has 2 nitrogen and oxygen atoms in total. The molecule has 2 atom stereocenters. The molecule has 82 valence electrons. The van der Waals surface area contributed by atoms with Gasteiger partial charge in [-0.1, -0.05) is 46.3 Å². The topological polar surface area (TPSA) is 18.5 Å². The maximum absolute atomic E-state index is 5.61. The van der Waals surface area contributed by atoms with Gasteiger partial charge in [-0.2, -0.15) is 0 Å². The largest absolute Gasteiger partial charge is 0.375 e. The van der Waals surface area contributed by atoms with Gasteiger partial charge in [0.1, 0.15) is 0 Å². The molecule has 0 N–H and O–H groups in total. The molecule has 0 amide bonds. The Morgan fingerprint density at radius 3 is 2.80 bits per heavy atom. The highest BCUT2D eigenvalue weighted by atomic mass is 79.9. The van der Waals surface area contributed by atoms with E-state index in [4.69, 9.17) is 9.47 Å². The highest BCUT2D eigenvalue weighted by molar-refractivity contribution is 9.09. The summed E-state index contributed by atoms with van der Waals surface area (Å²) >= 11 is 3.53. The summed E-state index contributed by atoms with van der Waals surface area (Å²) in [6.07, 6.45) is 1.31. The van der Waals surface area contributed by atoms with E-state index in [0.717, 1.165) is 13.0 Å². The maximum Gasteiger partial charge on any atom is 0.0820 e. The van der Waals surface area contributed by atoms with Gasteiger partial charge in [0.25, 0.3) is 0 Å². The fourth-order valence-corrected chi connectivity index (χ4v) is 2.23. The molecule has 0 spiro atoms. The zero-order valence-corrected chi connectivity index (χ0v) is 10.2. The van der Waals surface area contributed by atoms with Gasteiger partial charge >= 0.3 is 0 Å². The Kier molecular flexibility index (Phi) is 4.18. The zero-order valence-electron chi connectivity index (χ0n) is 8.56. The van der Waals surface area contributed by atoms with Crippen LogP contribution in [0.15, 0.2) is 30.3 Å². The van der Waals surface area contributed by atoms with Gasteiger partial charge in [-0.05, 0) is 12.0 Å². The van der Waals surface area contributed by atoms with Crippen LogP contribution in [0.1, 0.15) is 12.0 Å². The zero-order chi connectivity index (χ0) is 10.5. The van der Waals surface area contributed by atoms with Gasteiger partial charge in [-0.15, -0.1) is 0 Å². The first-order chi connectivity index (χ1) is 7.34. The van der Waals surface area contributed by atoms with Gasteiger partial charge in [0.2, 0.25) is 0 Å². The molecule has 0 bridgehead atoms. The van der Waals surface area contributed by atoms with E-state index in [2.05, 4.69) is 28.1 Å². The van der Waals surface area contributed by atoms with Gasteiger partial charge in [-0.3, -0.25) is 0 Å². The van der Waals surface area contributed by atoms with Gasteiger partial charge in [0, 0.05) is 4.83 Å². The van der Waals surface area contributed by atoms with E-state index in [0.29, 0.717) is 18.0 Å². The van der Waals surface area contributed by atoms with Crippen LogP contribution in [0.2, 0.25) is 0 Å². The van der Waals surface area contributed by atoms with E-state index >= 15 is 0 Å². The molecule has 0 aliphatic carbocycles. The van der Waals surface area contributed by atoms with Crippen LogP contribution in [-0.2, 0) is 16.1 Å². The van der Waals surface area contributed by atoms with Gasteiger partial charge in [-0.25, -0.2) is 0 Å². The summed E-state index contributed by atoms with van der Waals surface area (Å²) in [5.41, 5.74) is 1.21. The van der Waals surface area contributed by atoms with Gasteiger partial charge < -0.3 is 9.47 Å². The third-order valence-electron chi connectivity index (χ3n) is 2.45. The first-order valence-electron chi connectivity index (χ1n) is 5.22. The van der Waals surface area contributed by atoms with Gasteiger partial charge in [0.15, 0.2) is 0 Å². The Morgan fingerprint density at radius 1 is 1.33 bits per heavy atom. The van der Waals surface area contributed by atoms with Gasteiger partial charge in [0.05, 0.1) is 25.9 Å². The summed E-state index contributed by atoms with van der Waals surface area (Å²) in [6, 6.07) is 10.2. The van der Waals surface area contributed by atoms with E-state index in [9.17, 15) is 0 Å². The van der Waals surface area contributed by atoms with Crippen molar-refractivity contribution in [3.05, 3.63) is 35.9 Å². The molecule has 0 saturated carbocycles. The summed E-state index contributed by atoms with van der Waals surface area (Å²) in [4.78, 5) is 0.503. The Labute approximate surface area is 98.7 Å². The molecule has 1 heterocycles. The monoisotopic (exact) mass is 270 g/mol. The van der Waals surface area contributed by atoms with Crippen LogP contribution >= 0.6 is 15.9 Å². The highest BCUT2D eigenvalue weighted by Gasteiger charge is 2.22. The molecule has 0 radical (unpaired) electrons. The number of hydrogen-bond donors (Lipinski definition) is 0. The SMILES string of the molecule is Br[C@@H]1CO[C@H](COCc2ccccc2)C1. The quantitative estimate of drug-likeness (QED) is 0.784. The normalized spacial score (nSPS) is 25.7. The number of rotatable bonds is 4. The molecule has 0 aromatic heterocycles. The smallest absolute Gasteiger partial charge is 0.0820 e. The lowest BCUT2D eigenvalue weighted by molar-refractivity contribution is 0.0107. The number of halogens is 1. The van der Waals surface area contributed by atoms with Crippen molar-refractivity contribution in [1.82, 2.24) is 0 Å². The lowest BCUT2D eigenvalue weighted by Gasteiger charge is -2.09. The molecule has 1 aliphatic rings. The van der Waals surface area contributed by atoms with Crippen molar-refractivity contribution < 1.29 is 9.47 Å². The summed E-state index contributed by atoms with van der Waals surface area (Å²) in [5, 5.41) is 0. The summed E-state index contributed by atoms with van der Waals surface area (Å²) in [6.45, 7) is 2.17. The van der Waals surface area contributed by atoms with Crippen LogP contribution < -0.4 is 0 Å². The fourth-order valence-electron chi connectivity index (χ4n) is 1.66. The van der Waals surface area contributed by atoms with Crippen LogP contribution in [0.25, 0.3) is 0 Å². The molecule has 15 heavy (non-hydrogen) atoms. The Morgan fingerprint density at radius 2 is 2.13 bits per heavy atom. The van der Waals surface area contributed by atoms with Crippen LogP contribution in [0.4, 0.5) is 0 Å². The summed E-state index contributed by atoms with van der Waals surface area (Å²) in [5.74, 6) is 0. The number of hydrogen-bond acceptors (Lipinski definition) is 2. The molecule has 1 aromatic carbocycles. The van der Waals surface area contributed by atoms with Crippen molar-refractivity contribution in [3.63, 3.8) is 0 Å². The number of alkyl halides is 1. The minimum Gasteiger partial charge on any atom is -0.375 e. The van der Waals surface area contributed by atoms with Crippen LogP contribution in [0.5, 0.6) is 0 Å². The highest BCUT2D eigenvalue weighted by Crippen LogP contribution is 2.20. The third-order valence-corrected chi connectivity index (χ3v) is 3.08. The minimum absolute atomic E-state index is 0.262. The second kappa shape index (κ2) is 5.64. The Balaban J connectivity index is 1.67. The molecule has 1 aliphatic heterocycles. The Bertz CT molecular complexity index is 289. The predicted octanol–water partition coefficient (Wildman–Crippen LogP) is 2.76. The van der Waals surface area contributed by atoms with Crippen LogP contribution in [0, 0.1) is 0 Å². The molecular formula is C12H15BrO2. The molecule has 2 rings (SSSR count). The van der Waals surface area contributed by atoms with Crippen molar-refractivity contribution in [3.8, 4) is 0 Å². The predicted molar refractivity (Wildman–Crippen MR) is 63.2 cm³/mol. The molecule has 1 saturated heterocycles. The summed E-state index contributed by atoms with van der Waals surface area (Å²) in [7, 11) is 0. The molecule has 1 aromatic rings. The summed E-state index contributed by atoms with van der Waals surface area (Å²) < 4.78 is 11.1. The lowest BCUT2D eigenvalue weighted by Crippen LogP contribution is -2.14. The van der Waals surface area contributed by atoms with E-state index < -0.39 is 0 Å². The van der Waals surface area contributed by atoms with Crippen molar-refractivity contribution in [2.24, 2.45) is 0 Å². The van der Waals surface area contributed by atoms with Crippen molar-refractivity contribution in [1.29, 1.82) is 0 Å². The minimum atomic E-state index is 0.262. The average Bonchev–Trinajstić information content (AvgIpc) is 2.66. The average molecular weight is 271 g/mol. The van der Waals surface area contributed by atoms with Crippen LogP contribution in [-0.4, -0.2) is 24.1 Å². The number of ether oxygens (including phenoxy) is 2. The third kappa shape index (κ3) is 3.59.